The summed E-state index contributed by atoms with van der Waals surface area (Å²) in [4.78, 5) is 30.8. The predicted molar refractivity (Wildman–Crippen MR) is 130 cm³/mol. The molecule has 5 aromatic rings. The highest BCUT2D eigenvalue weighted by molar-refractivity contribution is 5.69. The van der Waals surface area contributed by atoms with E-state index in [0.29, 0.717) is 17.1 Å². The highest BCUT2D eigenvalue weighted by atomic mass is 16.5. The smallest absolute Gasteiger partial charge is 0.280 e. The van der Waals surface area contributed by atoms with Crippen LogP contribution in [-0.4, -0.2) is 47.3 Å². The third kappa shape index (κ3) is 4.30. The fraction of sp³-hybridized carbons (Fsp3) is 0.280. The average Bonchev–Trinajstić information content (AvgIpc) is 3.27. The molecule has 10 heteroatoms. The molecule has 0 bridgehead atoms. The van der Waals surface area contributed by atoms with Gasteiger partial charge in [0.15, 0.2) is 17.5 Å². The van der Waals surface area contributed by atoms with E-state index in [2.05, 4.69) is 60.3 Å². The summed E-state index contributed by atoms with van der Waals surface area (Å²) in [6, 6.07) is 13.0. The lowest BCUT2D eigenvalue weighted by atomic mass is 10.1. The van der Waals surface area contributed by atoms with Crippen molar-refractivity contribution in [1.29, 1.82) is 0 Å². The van der Waals surface area contributed by atoms with Crippen LogP contribution in [0.1, 0.15) is 12.3 Å². The first-order chi connectivity index (χ1) is 17.2. The summed E-state index contributed by atoms with van der Waals surface area (Å²) in [6.45, 7) is 2.70. The van der Waals surface area contributed by atoms with Gasteiger partial charge >= 0.3 is 0 Å². The van der Waals surface area contributed by atoms with Crippen molar-refractivity contribution < 1.29 is 4.52 Å². The molecule has 4 aromatic heterocycles. The van der Waals surface area contributed by atoms with Gasteiger partial charge in [0.1, 0.15) is 12.9 Å². The summed E-state index contributed by atoms with van der Waals surface area (Å²) in [7, 11) is 1.75. The second kappa shape index (κ2) is 8.79. The van der Waals surface area contributed by atoms with Gasteiger partial charge in [0.25, 0.3) is 5.56 Å². The first-order valence-electron chi connectivity index (χ1n) is 11.5. The number of fused-ring (bicyclic) bond motifs is 2. The van der Waals surface area contributed by atoms with Crippen molar-refractivity contribution >= 4 is 16.9 Å². The second-order valence-corrected chi connectivity index (χ2v) is 8.99. The van der Waals surface area contributed by atoms with Gasteiger partial charge in [-0.05, 0) is 42.0 Å². The predicted octanol–water partition coefficient (Wildman–Crippen LogP) is 2.77. The summed E-state index contributed by atoms with van der Waals surface area (Å²) in [5.74, 6) is 2.31. The van der Waals surface area contributed by atoms with Gasteiger partial charge in [0.2, 0.25) is 5.89 Å². The number of piperidine rings is 1. The zero-order valence-corrected chi connectivity index (χ0v) is 19.2. The van der Waals surface area contributed by atoms with Crippen LogP contribution >= 0.6 is 0 Å². The summed E-state index contributed by atoms with van der Waals surface area (Å²) < 4.78 is 7.88. The van der Waals surface area contributed by atoms with E-state index >= 15 is 0 Å². The Morgan fingerprint density at radius 1 is 1.03 bits per heavy atom. The quantitative estimate of drug-likeness (QED) is 0.396. The Balaban J connectivity index is 0.000000131. The van der Waals surface area contributed by atoms with E-state index in [1.807, 2.05) is 18.5 Å². The summed E-state index contributed by atoms with van der Waals surface area (Å²) in [6.07, 6.45) is 9.47. The SMILES string of the molecule is Cn1cnc2ncn(Cc3ncno3)c(=O)c21.c1cncc(-c2cccc(N3CC4CC4C3)c2)c1. The van der Waals surface area contributed by atoms with Crippen LogP contribution in [0.5, 0.6) is 0 Å². The topological polar surface area (TPSA) is 108 Å². The zero-order chi connectivity index (χ0) is 23.8. The molecular weight excluding hydrogens is 444 g/mol. The average molecular weight is 469 g/mol. The Morgan fingerprint density at radius 2 is 1.86 bits per heavy atom. The maximum atomic E-state index is 12.1. The van der Waals surface area contributed by atoms with Crippen LogP contribution in [0.25, 0.3) is 22.3 Å². The summed E-state index contributed by atoms with van der Waals surface area (Å²) in [5, 5.41) is 3.48. The molecule has 1 saturated carbocycles. The molecule has 0 amide bonds. The van der Waals surface area contributed by atoms with Crippen LogP contribution in [0.2, 0.25) is 0 Å². The molecule has 1 aliphatic heterocycles. The highest BCUT2D eigenvalue weighted by Crippen LogP contribution is 2.46. The Hall–Kier alpha value is -4.34. The van der Waals surface area contributed by atoms with Gasteiger partial charge in [0, 0.05) is 43.8 Å². The van der Waals surface area contributed by atoms with Crippen LogP contribution in [0.15, 0.2) is 77.1 Å². The molecule has 0 N–H and O–H groups in total. The Labute approximate surface area is 200 Å². The molecule has 10 nitrogen and oxygen atoms in total. The summed E-state index contributed by atoms with van der Waals surface area (Å²) in [5.41, 5.74) is 4.52. The van der Waals surface area contributed by atoms with Crippen molar-refractivity contribution in [2.45, 2.75) is 13.0 Å². The van der Waals surface area contributed by atoms with Crippen molar-refractivity contribution in [3.8, 4) is 11.1 Å². The van der Waals surface area contributed by atoms with Crippen molar-refractivity contribution in [3.63, 3.8) is 0 Å². The van der Waals surface area contributed by atoms with Gasteiger partial charge < -0.3 is 14.0 Å². The van der Waals surface area contributed by atoms with Gasteiger partial charge in [-0.1, -0.05) is 23.4 Å². The van der Waals surface area contributed by atoms with Crippen LogP contribution in [0, 0.1) is 11.8 Å². The largest absolute Gasteiger partial charge is 0.371 e. The molecular formula is C25H24N8O2. The van der Waals surface area contributed by atoms with E-state index in [1.54, 1.807) is 17.9 Å². The fourth-order valence-electron chi connectivity index (χ4n) is 4.62. The molecule has 5 heterocycles. The van der Waals surface area contributed by atoms with E-state index < -0.39 is 0 Å². The maximum Gasteiger partial charge on any atom is 0.280 e. The lowest BCUT2D eigenvalue weighted by molar-refractivity contribution is 0.368. The number of hydrogen-bond acceptors (Lipinski definition) is 8. The van der Waals surface area contributed by atoms with Gasteiger partial charge in [-0.25, -0.2) is 9.97 Å². The standard InChI is InChI=1S/C16H16N2.C9H8N6O2/c1-3-12(13-4-2-6-17-9-13)8-16(5-1)18-10-14-7-15(14)11-18;1-14-4-11-8-7(14)9(16)15(5-12-8)2-6-10-3-13-17-6/h1-6,8-9,14-15H,7,10-11H2;3-5H,2H2,1H3. The van der Waals surface area contributed by atoms with E-state index in [-0.39, 0.29) is 12.1 Å². The molecule has 0 spiro atoms. The van der Waals surface area contributed by atoms with Crippen LogP contribution < -0.4 is 10.5 Å². The fourth-order valence-corrected chi connectivity index (χ4v) is 4.62. The van der Waals surface area contributed by atoms with Gasteiger partial charge in [-0.15, -0.1) is 0 Å². The first-order valence-corrected chi connectivity index (χ1v) is 11.5. The zero-order valence-electron chi connectivity index (χ0n) is 19.2. The number of aryl methyl sites for hydroxylation is 1. The van der Waals surface area contributed by atoms with E-state index in [1.165, 1.54) is 53.5 Å². The molecule has 2 aliphatic rings. The van der Waals surface area contributed by atoms with Crippen LogP contribution in [0.3, 0.4) is 0 Å². The number of rotatable bonds is 4. The number of pyridine rings is 1. The molecule has 1 saturated heterocycles. The van der Waals surface area contributed by atoms with Gasteiger partial charge in [-0.3, -0.25) is 14.3 Å². The van der Waals surface area contributed by atoms with Crippen molar-refractivity contribution in [2.75, 3.05) is 18.0 Å². The third-order valence-electron chi connectivity index (χ3n) is 6.60. The molecule has 2 unspecified atom stereocenters. The number of hydrogen-bond donors (Lipinski definition) is 0. The van der Waals surface area contributed by atoms with Gasteiger partial charge in [-0.2, -0.15) is 4.98 Å². The number of imidazole rings is 1. The van der Waals surface area contributed by atoms with Crippen LogP contribution in [-0.2, 0) is 13.6 Å². The minimum absolute atomic E-state index is 0.187. The third-order valence-corrected chi connectivity index (χ3v) is 6.60. The number of benzene rings is 1. The molecule has 176 valence electrons. The normalized spacial score (nSPS) is 18.3. The molecule has 7 rings (SSSR count). The monoisotopic (exact) mass is 468 g/mol. The van der Waals surface area contributed by atoms with Crippen molar-refractivity contribution in [2.24, 2.45) is 18.9 Å². The molecule has 1 aliphatic carbocycles. The van der Waals surface area contributed by atoms with E-state index in [0.717, 1.165) is 11.8 Å². The number of aromatic nitrogens is 7. The molecule has 35 heavy (non-hydrogen) atoms. The lowest BCUT2D eigenvalue weighted by Crippen LogP contribution is -2.22. The minimum Gasteiger partial charge on any atom is -0.371 e. The first kappa shape index (κ1) is 21.2. The van der Waals surface area contributed by atoms with E-state index in [9.17, 15) is 4.79 Å². The second-order valence-electron chi connectivity index (χ2n) is 8.99. The maximum absolute atomic E-state index is 12.1. The molecule has 2 atom stereocenters. The molecule has 2 fully saturated rings. The number of nitrogens with zero attached hydrogens (tertiary/aromatic N) is 8. The molecule has 1 aromatic carbocycles. The summed E-state index contributed by atoms with van der Waals surface area (Å²) >= 11 is 0. The Kier molecular flexibility index (Phi) is 5.32. The number of anilines is 1. The highest BCUT2D eigenvalue weighted by Gasteiger charge is 2.45. The van der Waals surface area contributed by atoms with Crippen molar-refractivity contribution in [3.05, 3.63) is 84.0 Å². The minimum atomic E-state index is -0.187. The van der Waals surface area contributed by atoms with Gasteiger partial charge in [0.05, 0.1) is 6.33 Å². The Morgan fingerprint density at radius 3 is 2.63 bits per heavy atom. The Bertz CT molecular complexity index is 1500. The van der Waals surface area contributed by atoms with Crippen LogP contribution in [0.4, 0.5) is 5.69 Å². The van der Waals surface area contributed by atoms with Crippen molar-refractivity contribution in [1.82, 2.24) is 34.2 Å². The van der Waals surface area contributed by atoms with E-state index in [4.69, 9.17) is 4.52 Å². The lowest BCUT2D eigenvalue weighted by Gasteiger charge is -2.20. The molecule has 0 radical (unpaired) electrons.